The van der Waals surface area contributed by atoms with Gasteiger partial charge in [0.25, 0.3) is 0 Å². The summed E-state index contributed by atoms with van der Waals surface area (Å²) >= 11 is 5.99. The van der Waals surface area contributed by atoms with Gasteiger partial charge in [-0.15, -0.1) is 0 Å². The molecule has 1 aromatic heterocycles. The molecular weight excluding hydrogens is 266 g/mol. The molecule has 2 N–H and O–H groups in total. The Kier molecular flexibility index (Phi) is 4.60. The zero-order chi connectivity index (χ0) is 13.7. The maximum absolute atomic E-state index is 11.9. The van der Waals surface area contributed by atoms with E-state index in [0.717, 1.165) is 5.56 Å². The maximum atomic E-state index is 11.9. The number of halogens is 1. The molecule has 0 saturated carbocycles. The zero-order valence-electron chi connectivity index (χ0n) is 10.2. The number of aliphatic hydroxyl groups is 1. The van der Waals surface area contributed by atoms with E-state index < -0.39 is 6.04 Å². The third kappa shape index (κ3) is 3.59. The van der Waals surface area contributed by atoms with Crippen molar-refractivity contribution in [2.45, 2.75) is 12.5 Å². The number of hydrogen-bond donors (Lipinski definition) is 2. The van der Waals surface area contributed by atoms with Crippen LogP contribution in [-0.2, 0) is 11.2 Å². The van der Waals surface area contributed by atoms with Gasteiger partial charge in [-0.25, -0.2) is 0 Å². The molecule has 19 heavy (non-hydrogen) atoms. The number of nitrogens with one attached hydrogen (secondary N) is 1. The SMILES string of the molecule is O=C(Cc1ccccc1Cl)NC(CO)c1ccco1. The number of carbonyl (C=O) groups is 1. The van der Waals surface area contributed by atoms with Crippen molar-refractivity contribution < 1.29 is 14.3 Å². The topological polar surface area (TPSA) is 62.5 Å². The molecule has 2 aromatic rings. The molecule has 1 heterocycles. The molecule has 1 atom stereocenters. The molecule has 1 aromatic carbocycles. The summed E-state index contributed by atoms with van der Waals surface area (Å²) in [5.74, 6) is 0.304. The Morgan fingerprint density at radius 2 is 2.11 bits per heavy atom. The van der Waals surface area contributed by atoms with E-state index >= 15 is 0 Å². The standard InChI is InChI=1S/C14H14ClNO3/c15-11-5-2-1-4-10(11)8-14(18)16-12(9-17)13-6-3-7-19-13/h1-7,12,17H,8-9H2,(H,16,18). The summed E-state index contributed by atoms with van der Waals surface area (Å²) in [6, 6.07) is 10.0. The number of hydrogen-bond acceptors (Lipinski definition) is 3. The van der Waals surface area contributed by atoms with E-state index in [2.05, 4.69) is 5.32 Å². The molecule has 0 fully saturated rings. The Hall–Kier alpha value is -1.78. The molecule has 0 aliphatic carbocycles. The summed E-state index contributed by atoms with van der Waals surface area (Å²) in [4.78, 5) is 11.9. The summed E-state index contributed by atoms with van der Waals surface area (Å²) in [6.07, 6.45) is 1.66. The fourth-order valence-electron chi connectivity index (χ4n) is 1.76. The second-order valence-electron chi connectivity index (χ2n) is 4.09. The van der Waals surface area contributed by atoms with Gasteiger partial charge in [-0.2, -0.15) is 0 Å². The highest BCUT2D eigenvalue weighted by Gasteiger charge is 2.16. The fraction of sp³-hybridized carbons (Fsp3) is 0.214. The second kappa shape index (κ2) is 6.41. The van der Waals surface area contributed by atoms with Crippen molar-refractivity contribution in [1.29, 1.82) is 0 Å². The van der Waals surface area contributed by atoms with Crippen LogP contribution < -0.4 is 5.32 Å². The molecule has 4 nitrogen and oxygen atoms in total. The average Bonchev–Trinajstić information content (AvgIpc) is 2.92. The van der Waals surface area contributed by atoms with Crippen molar-refractivity contribution in [3.05, 3.63) is 59.0 Å². The van der Waals surface area contributed by atoms with Gasteiger partial charge in [0.1, 0.15) is 11.8 Å². The molecule has 100 valence electrons. The number of aliphatic hydroxyl groups excluding tert-OH is 1. The van der Waals surface area contributed by atoms with Gasteiger partial charge in [0.05, 0.1) is 19.3 Å². The largest absolute Gasteiger partial charge is 0.467 e. The number of carbonyl (C=O) groups excluding carboxylic acids is 1. The van der Waals surface area contributed by atoms with E-state index in [1.54, 1.807) is 24.3 Å². The van der Waals surface area contributed by atoms with Crippen molar-refractivity contribution in [3.8, 4) is 0 Å². The third-order valence-corrected chi connectivity index (χ3v) is 3.08. The predicted molar refractivity (Wildman–Crippen MR) is 71.8 cm³/mol. The van der Waals surface area contributed by atoms with Gasteiger partial charge in [-0.3, -0.25) is 4.79 Å². The molecule has 1 unspecified atom stereocenters. The van der Waals surface area contributed by atoms with E-state index in [9.17, 15) is 9.90 Å². The van der Waals surface area contributed by atoms with Crippen LogP contribution >= 0.6 is 11.6 Å². The van der Waals surface area contributed by atoms with Crippen LogP contribution in [0.1, 0.15) is 17.4 Å². The predicted octanol–water partition coefficient (Wildman–Crippen LogP) is 2.33. The lowest BCUT2D eigenvalue weighted by atomic mass is 10.1. The van der Waals surface area contributed by atoms with Crippen LogP contribution in [0.4, 0.5) is 0 Å². The van der Waals surface area contributed by atoms with Gasteiger partial charge in [0.2, 0.25) is 5.91 Å². The van der Waals surface area contributed by atoms with Gasteiger partial charge in [0, 0.05) is 5.02 Å². The summed E-state index contributed by atoms with van der Waals surface area (Å²) in [5, 5.41) is 12.5. The number of benzene rings is 1. The summed E-state index contributed by atoms with van der Waals surface area (Å²) in [7, 11) is 0. The van der Waals surface area contributed by atoms with Crippen LogP contribution in [0, 0.1) is 0 Å². The van der Waals surface area contributed by atoms with Crippen LogP contribution in [0.2, 0.25) is 5.02 Å². The third-order valence-electron chi connectivity index (χ3n) is 2.71. The Morgan fingerprint density at radius 1 is 1.32 bits per heavy atom. The van der Waals surface area contributed by atoms with Crippen molar-refractivity contribution in [3.63, 3.8) is 0 Å². The van der Waals surface area contributed by atoms with Gasteiger partial charge in [0.15, 0.2) is 0 Å². The summed E-state index contributed by atoms with van der Waals surface area (Å²) in [5.41, 5.74) is 0.748. The molecule has 0 saturated heterocycles. The minimum Gasteiger partial charge on any atom is -0.467 e. The highest BCUT2D eigenvalue weighted by Crippen LogP contribution is 2.17. The van der Waals surface area contributed by atoms with Crippen molar-refractivity contribution >= 4 is 17.5 Å². The van der Waals surface area contributed by atoms with Gasteiger partial charge in [-0.05, 0) is 23.8 Å². The lowest BCUT2D eigenvalue weighted by Crippen LogP contribution is -2.31. The summed E-state index contributed by atoms with van der Waals surface area (Å²) < 4.78 is 5.16. The molecule has 0 spiro atoms. The van der Waals surface area contributed by atoms with E-state index in [0.29, 0.717) is 10.8 Å². The van der Waals surface area contributed by atoms with E-state index in [1.165, 1.54) is 6.26 Å². The number of furan rings is 1. The molecule has 0 aliphatic heterocycles. The first kappa shape index (κ1) is 13.6. The summed E-state index contributed by atoms with van der Waals surface area (Å²) in [6.45, 7) is -0.220. The Balaban J connectivity index is 1.99. The Bertz CT molecular complexity index is 539. The smallest absolute Gasteiger partial charge is 0.225 e. The van der Waals surface area contributed by atoms with Crippen LogP contribution in [-0.4, -0.2) is 17.6 Å². The molecule has 0 radical (unpaired) electrons. The Labute approximate surface area is 116 Å². The molecule has 1 amide bonds. The minimum absolute atomic E-state index is 0.164. The van der Waals surface area contributed by atoms with E-state index in [4.69, 9.17) is 16.0 Å². The molecule has 0 aliphatic rings. The molecule has 0 bridgehead atoms. The van der Waals surface area contributed by atoms with Crippen LogP contribution in [0.15, 0.2) is 47.1 Å². The van der Waals surface area contributed by atoms with Gasteiger partial charge in [-0.1, -0.05) is 29.8 Å². The quantitative estimate of drug-likeness (QED) is 0.883. The maximum Gasteiger partial charge on any atom is 0.225 e. The van der Waals surface area contributed by atoms with Crippen LogP contribution in [0.3, 0.4) is 0 Å². The zero-order valence-corrected chi connectivity index (χ0v) is 10.9. The van der Waals surface area contributed by atoms with E-state index in [-0.39, 0.29) is 18.9 Å². The minimum atomic E-state index is -0.537. The number of rotatable bonds is 5. The first-order chi connectivity index (χ1) is 9.20. The Morgan fingerprint density at radius 3 is 2.74 bits per heavy atom. The lowest BCUT2D eigenvalue weighted by Gasteiger charge is -2.14. The highest BCUT2D eigenvalue weighted by molar-refractivity contribution is 6.31. The van der Waals surface area contributed by atoms with Crippen LogP contribution in [0.5, 0.6) is 0 Å². The van der Waals surface area contributed by atoms with Crippen molar-refractivity contribution in [2.75, 3.05) is 6.61 Å². The first-order valence-electron chi connectivity index (χ1n) is 5.87. The highest BCUT2D eigenvalue weighted by atomic mass is 35.5. The fourth-order valence-corrected chi connectivity index (χ4v) is 1.96. The second-order valence-corrected chi connectivity index (χ2v) is 4.49. The van der Waals surface area contributed by atoms with Gasteiger partial charge < -0.3 is 14.8 Å². The normalized spacial score (nSPS) is 12.1. The van der Waals surface area contributed by atoms with Crippen LogP contribution in [0.25, 0.3) is 0 Å². The monoisotopic (exact) mass is 279 g/mol. The molecule has 5 heteroatoms. The van der Waals surface area contributed by atoms with Crippen molar-refractivity contribution in [1.82, 2.24) is 5.32 Å². The van der Waals surface area contributed by atoms with Crippen molar-refractivity contribution in [2.24, 2.45) is 0 Å². The number of amides is 1. The molecule has 2 rings (SSSR count). The lowest BCUT2D eigenvalue weighted by molar-refractivity contribution is -0.121. The van der Waals surface area contributed by atoms with E-state index in [1.807, 2.05) is 12.1 Å². The first-order valence-corrected chi connectivity index (χ1v) is 6.25. The average molecular weight is 280 g/mol. The van der Waals surface area contributed by atoms with Gasteiger partial charge >= 0.3 is 0 Å². The molecular formula is C14H14ClNO3.